The first-order valence-electron chi connectivity index (χ1n) is 5.96. The molecule has 1 aromatic carbocycles. The molecule has 0 saturated carbocycles. The van der Waals surface area contributed by atoms with Gasteiger partial charge in [0.05, 0.1) is 5.02 Å². The zero-order chi connectivity index (χ0) is 12.3. The molecule has 0 radical (unpaired) electrons. The van der Waals surface area contributed by atoms with Crippen LogP contribution in [0.2, 0.25) is 5.02 Å². The van der Waals surface area contributed by atoms with E-state index < -0.39 is 0 Å². The number of rotatable bonds is 3. The predicted octanol–water partition coefficient (Wildman–Crippen LogP) is 4.05. The summed E-state index contributed by atoms with van der Waals surface area (Å²) in [5.74, 6) is 0.274. The topological polar surface area (TPSA) is 20.2 Å². The number of hydrogen-bond donors (Lipinski definition) is 1. The number of halogens is 2. The highest BCUT2D eigenvalue weighted by atomic mass is 35.5. The summed E-state index contributed by atoms with van der Waals surface area (Å²) < 4.78 is 12.9. The van der Waals surface area contributed by atoms with E-state index in [1.54, 1.807) is 6.07 Å². The van der Waals surface area contributed by atoms with Crippen molar-refractivity contribution in [3.05, 3.63) is 40.7 Å². The minimum absolute atomic E-state index is 0.255. The lowest BCUT2D eigenvalue weighted by Gasteiger charge is -2.21. The van der Waals surface area contributed by atoms with Gasteiger partial charge >= 0.3 is 0 Å². The molecule has 1 aliphatic carbocycles. The fourth-order valence-electron chi connectivity index (χ4n) is 2.33. The molecular weight excluding hydrogens is 239 g/mol. The molecule has 1 N–H and O–H groups in total. The van der Waals surface area contributed by atoms with Gasteiger partial charge in [0.2, 0.25) is 0 Å². The van der Waals surface area contributed by atoms with Crippen molar-refractivity contribution in [2.45, 2.75) is 25.7 Å². The third-order valence-electron chi connectivity index (χ3n) is 3.33. The van der Waals surface area contributed by atoms with Gasteiger partial charge in [-0.2, -0.15) is 0 Å². The summed E-state index contributed by atoms with van der Waals surface area (Å²) in [5.41, 5.74) is 2.14. The maximum Gasteiger partial charge on any atom is 0.124 e. The molecule has 3 heteroatoms. The quantitative estimate of drug-likeness (QED) is 0.863. The van der Waals surface area contributed by atoms with Crippen molar-refractivity contribution in [2.24, 2.45) is 5.92 Å². The summed E-state index contributed by atoms with van der Waals surface area (Å²) in [6, 6.07) is 4.55. The Balaban J connectivity index is 2.13. The Morgan fingerprint density at radius 3 is 2.82 bits per heavy atom. The van der Waals surface area contributed by atoms with Crippen molar-refractivity contribution in [1.29, 1.82) is 0 Å². The van der Waals surface area contributed by atoms with Crippen LogP contribution >= 0.6 is 11.6 Å². The van der Waals surface area contributed by atoms with Crippen LogP contribution in [-0.2, 0) is 0 Å². The van der Waals surface area contributed by atoms with Crippen LogP contribution in [0.25, 0.3) is 5.57 Å². The SMILES string of the molecule is OCCC1CC=C(c2ccc(F)cc2Cl)CC1. The van der Waals surface area contributed by atoms with Crippen molar-refractivity contribution in [1.82, 2.24) is 0 Å². The van der Waals surface area contributed by atoms with Crippen molar-refractivity contribution in [2.75, 3.05) is 6.61 Å². The molecule has 17 heavy (non-hydrogen) atoms. The van der Waals surface area contributed by atoms with Crippen LogP contribution in [0.4, 0.5) is 4.39 Å². The van der Waals surface area contributed by atoms with E-state index in [1.807, 2.05) is 0 Å². The number of benzene rings is 1. The van der Waals surface area contributed by atoms with Crippen LogP contribution in [0.15, 0.2) is 24.3 Å². The molecule has 0 fully saturated rings. The first-order chi connectivity index (χ1) is 8.20. The fourth-order valence-corrected chi connectivity index (χ4v) is 2.62. The Morgan fingerprint density at radius 1 is 1.41 bits per heavy atom. The van der Waals surface area contributed by atoms with Gasteiger partial charge in [-0.05, 0) is 54.9 Å². The van der Waals surface area contributed by atoms with Crippen molar-refractivity contribution < 1.29 is 9.50 Å². The minimum atomic E-state index is -0.298. The van der Waals surface area contributed by atoms with E-state index in [1.165, 1.54) is 17.7 Å². The lowest BCUT2D eigenvalue weighted by atomic mass is 9.85. The molecule has 0 amide bonds. The minimum Gasteiger partial charge on any atom is -0.396 e. The van der Waals surface area contributed by atoms with E-state index in [9.17, 15) is 4.39 Å². The summed E-state index contributed by atoms with van der Waals surface area (Å²) >= 11 is 6.04. The summed E-state index contributed by atoms with van der Waals surface area (Å²) in [4.78, 5) is 0. The van der Waals surface area contributed by atoms with Gasteiger partial charge in [-0.1, -0.05) is 23.7 Å². The van der Waals surface area contributed by atoms with E-state index in [4.69, 9.17) is 16.7 Å². The Kier molecular flexibility index (Phi) is 4.19. The molecule has 1 aromatic rings. The highest BCUT2D eigenvalue weighted by Crippen LogP contribution is 2.34. The molecule has 2 rings (SSSR count). The Labute approximate surface area is 106 Å². The first kappa shape index (κ1) is 12.6. The maximum absolute atomic E-state index is 12.9. The first-order valence-corrected chi connectivity index (χ1v) is 6.34. The number of allylic oxidation sites excluding steroid dienone is 2. The number of aliphatic hydroxyl groups is 1. The molecule has 1 atom stereocenters. The summed E-state index contributed by atoms with van der Waals surface area (Å²) in [6.45, 7) is 0.255. The van der Waals surface area contributed by atoms with Crippen molar-refractivity contribution >= 4 is 17.2 Å². The third-order valence-corrected chi connectivity index (χ3v) is 3.65. The second kappa shape index (κ2) is 5.65. The monoisotopic (exact) mass is 254 g/mol. The van der Waals surface area contributed by atoms with Gasteiger partial charge < -0.3 is 5.11 Å². The van der Waals surface area contributed by atoms with Crippen LogP contribution in [0.5, 0.6) is 0 Å². The van der Waals surface area contributed by atoms with E-state index in [2.05, 4.69) is 6.08 Å². The Hall–Kier alpha value is -0.860. The van der Waals surface area contributed by atoms with Gasteiger partial charge in [0.25, 0.3) is 0 Å². The molecule has 1 unspecified atom stereocenters. The lowest BCUT2D eigenvalue weighted by Crippen LogP contribution is -2.07. The largest absolute Gasteiger partial charge is 0.396 e. The molecule has 92 valence electrons. The molecule has 0 heterocycles. The van der Waals surface area contributed by atoms with Gasteiger partial charge in [0.1, 0.15) is 5.82 Å². The average Bonchev–Trinajstić information content (AvgIpc) is 2.31. The van der Waals surface area contributed by atoms with Gasteiger partial charge in [0.15, 0.2) is 0 Å². The number of hydrogen-bond acceptors (Lipinski definition) is 1. The van der Waals surface area contributed by atoms with E-state index in [0.717, 1.165) is 31.2 Å². The van der Waals surface area contributed by atoms with Crippen LogP contribution in [-0.4, -0.2) is 11.7 Å². The van der Waals surface area contributed by atoms with Gasteiger partial charge in [0, 0.05) is 6.61 Å². The van der Waals surface area contributed by atoms with E-state index in [0.29, 0.717) is 10.9 Å². The second-order valence-electron chi connectivity index (χ2n) is 4.51. The van der Waals surface area contributed by atoms with E-state index >= 15 is 0 Å². The smallest absolute Gasteiger partial charge is 0.124 e. The molecule has 0 bridgehead atoms. The number of aliphatic hydroxyl groups excluding tert-OH is 1. The molecule has 1 nitrogen and oxygen atoms in total. The summed E-state index contributed by atoms with van der Waals surface area (Å²) in [7, 11) is 0. The fraction of sp³-hybridized carbons (Fsp3) is 0.429. The van der Waals surface area contributed by atoms with Gasteiger partial charge in [-0.25, -0.2) is 4.39 Å². The normalized spacial score (nSPS) is 20.2. The molecule has 0 aromatic heterocycles. The van der Waals surface area contributed by atoms with Crippen LogP contribution in [0.3, 0.4) is 0 Å². The highest BCUT2D eigenvalue weighted by molar-refractivity contribution is 6.32. The average molecular weight is 255 g/mol. The maximum atomic E-state index is 12.9. The van der Waals surface area contributed by atoms with Crippen LogP contribution < -0.4 is 0 Å². The summed E-state index contributed by atoms with van der Waals surface area (Å²) in [6.07, 6.45) is 6.03. The van der Waals surface area contributed by atoms with Crippen LogP contribution in [0, 0.1) is 11.7 Å². The molecular formula is C14H16ClFO. The lowest BCUT2D eigenvalue weighted by molar-refractivity contribution is 0.251. The Bertz CT molecular complexity index is 428. The second-order valence-corrected chi connectivity index (χ2v) is 4.91. The summed E-state index contributed by atoms with van der Waals surface area (Å²) in [5, 5.41) is 9.38. The zero-order valence-corrected chi connectivity index (χ0v) is 10.4. The molecule has 0 aliphatic heterocycles. The van der Waals surface area contributed by atoms with Gasteiger partial charge in [-0.3, -0.25) is 0 Å². The predicted molar refractivity (Wildman–Crippen MR) is 68.4 cm³/mol. The van der Waals surface area contributed by atoms with Crippen molar-refractivity contribution in [3.63, 3.8) is 0 Å². The Morgan fingerprint density at radius 2 is 2.24 bits per heavy atom. The third kappa shape index (κ3) is 3.08. The van der Waals surface area contributed by atoms with Crippen molar-refractivity contribution in [3.8, 4) is 0 Å². The molecule has 0 saturated heterocycles. The van der Waals surface area contributed by atoms with E-state index in [-0.39, 0.29) is 12.4 Å². The van der Waals surface area contributed by atoms with Gasteiger partial charge in [-0.15, -0.1) is 0 Å². The standard InChI is InChI=1S/C14H16ClFO/c15-14-9-12(16)5-6-13(14)11-3-1-10(2-4-11)7-8-17/h3,5-6,9-10,17H,1-2,4,7-8H2. The molecule has 1 aliphatic rings. The molecule has 0 spiro atoms. The highest BCUT2D eigenvalue weighted by Gasteiger charge is 2.16. The zero-order valence-electron chi connectivity index (χ0n) is 9.63. The van der Waals surface area contributed by atoms with Crippen LogP contribution in [0.1, 0.15) is 31.2 Å².